The number of hydrogen-bond acceptors (Lipinski definition) is 1. The summed E-state index contributed by atoms with van der Waals surface area (Å²) in [6.07, 6.45) is 7.04. The first-order valence-corrected chi connectivity index (χ1v) is 7.86. The van der Waals surface area contributed by atoms with Crippen molar-refractivity contribution in [1.82, 2.24) is 15.6 Å². The first-order chi connectivity index (χ1) is 10.4. The van der Waals surface area contributed by atoms with Crippen LogP contribution in [0.5, 0.6) is 0 Å². The molecule has 1 aromatic carbocycles. The van der Waals surface area contributed by atoms with Crippen molar-refractivity contribution in [2.45, 2.75) is 25.7 Å². The van der Waals surface area contributed by atoms with Crippen molar-refractivity contribution in [2.24, 2.45) is 10.9 Å². The molecule has 1 saturated carbocycles. The lowest BCUT2D eigenvalue weighted by molar-refractivity contribution is 0.715. The van der Waals surface area contributed by atoms with Gasteiger partial charge in [0.15, 0.2) is 5.96 Å². The van der Waals surface area contributed by atoms with Crippen molar-refractivity contribution in [3.8, 4) is 0 Å². The molecule has 2 aromatic rings. The number of fused-ring (bicyclic) bond motifs is 1. The molecule has 3 rings (SSSR count). The summed E-state index contributed by atoms with van der Waals surface area (Å²) in [5.41, 5.74) is 2.62. The highest BCUT2D eigenvalue weighted by Gasteiger charge is 2.20. The number of guanidine groups is 1. The molecule has 1 aromatic heterocycles. The molecular weight excluding hydrogens is 260 g/mol. The maximum Gasteiger partial charge on any atom is 0.190 e. The van der Waals surface area contributed by atoms with Gasteiger partial charge in [-0.15, -0.1) is 0 Å². The third-order valence-corrected chi connectivity index (χ3v) is 4.07. The Hall–Kier alpha value is -1.97. The number of rotatable bonds is 6. The summed E-state index contributed by atoms with van der Waals surface area (Å²) in [6, 6.07) is 8.48. The normalized spacial score (nSPS) is 15.4. The fraction of sp³-hybridized carbons (Fsp3) is 0.471. The van der Waals surface area contributed by atoms with Crippen LogP contribution in [0.25, 0.3) is 10.9 Å². The van der Waals surface area contributed by atoms with Crippen LogP contribution in [0.2, 0.25) is 0 Å². The smallest absolute Gasteiger partial charge is 0.190 e. The van der Waals surface area contributed by atoms with Gasteiger partial charge in [0.05, 0.1) is 0 Å². The van der Waals surface area contributed by atoms with E-state index in [2.05, 4.69) is 51.1 Å². The van der Waals surface area contributed by atoms with Gasteiger partial charge in [0.25, 0.3) is 0 Å². The van der Waals surface area contributed by atoms with E-state index < -0.39 is 0 Å². The topological polar surface area (TPSA) is 52.2 Å². The van der Waals surface area contributed by atoms with Crippen LogP contribution >= 0.6 is 0 Å². The second-order valence-electron chi connectivity index (χ2n) is 5.79. The van der Waals surface area contributed by atoms with Crippen molar-refractivity contribution in [1.29, 1.82) is 0 Å². The van der Waals surface area contributed by atoms with E-state index >= 15 is 0 Å². The van der Waals surface area contributed by atoms with Crippen LogP contribution in [0, 0.1) is 5.92 Å². The molecule has 0 amide bonds. The Morgan fingerprint density at radius 2 is 2.14 bits per heavy atom. The second kappa shape index (κ2) is 6.66. The molecule has 21 heavy (non-hydrogen) atoms. The van der Waals surface area contributed by atoms with Crippen molar-refractivity contribution in [2.75, 3.05) is 20.1 Å². The minimum atomic E-state index is 0.870. The summed E-state index contributed by atoms with van der Waals surface area (Å²) in [5, 5.41) is 8.12. The SMILES string of the molecule is CN=C(NCCCc1c[nH]c2ccccc12)NCC1CC1. The van der Waals surface area contributed by atoms with Gasteiger partial charge in [0.1, 0.15) is 0 Å². The minimum absolute atomic E-state index is 0.870. The highest BCUT2D eigenvalue weighted by molar-refractivity contribution is 5.83. The average Bonchev–Trinajstić information content (AvgIpc) is 3.26. The van der Waals surface area contributed by atoms with Crippen LogP contribution in [0.3, 0.4) is 0 Å². The van der Waals surface area contributed by atoms with Crippen molar-refractivity contribution < 1.29 is 0 Å². The van der Waals surface area contributed by atoms with Gasteiger partial charge in [-0.2, -0.15) is 0 Å². The first-order valence-electron chi connectivity index (χ1n) is 7.86. The molecule has 0 radical (unpaired) electrons. The quantitative estimate of drug-likeness (QED) is 0.434. The maximum absolute atomic E-state index is 4.26. The molecule has 0 spiro atoms. The highest BCUT2D eigenvalue weighted by Crippen LogP contribution is 2.27. The van der Waals surface area contributed by atoms with Crippen molar-refractivity contribution in [3.05, 3.63) is 36.0 Å². The molecule has 4 nitrogen and oxygen atoms in total. The van der Waals surface area contributed by atoms with Crippen LogP contribution < -0.4 is 10.6 Å². The Balaban J connectivity index is 1.42. The molecule has 1 aliphatic carbocycles. The molecule has 3 N–H and O–H groups in total. The molecule has 1 aliphatic rings. The van der Waals surface area contributed by atoms with Gasteiger partial charge >= 0.3 is 0 Å². The standard InChI is InChI=1S/C17H24N4/c1-18-17(21-11-13-8-9-13)19-10-4-5-14-12-20-16-7-3-2-6-15(14)16/h2-3,6-7,12-13,20H,4-5,8-11H2,1H3,(H2,18,19,21). The fourth-order valence-electron chi connectivity index (χ4n) is 2.61. The number of H-pyrrole nitrogens is 1. The Bertz CT molecular complexity index is 610. The zero-order valence-corrected chi connectivity index (χ0v) is 12.7. The van der Waals surface area contributed by atoms with Gasteiger partial charge < -0.3 is 15.6 Å². The van der Waals surface area contributed by atoms with Gasteiger partial charge in [-0.1, -0.05) is 18.2 Å². The van der Waals surface area contributed by atoms with E-state index in [9.17, 15) is 0 Å². The molecule has 1 fully saturated rings. The van der Waals surface area contributed by atoms with Gasteiger partial charge in [-0.25, -0.2) is 0 Å². The van der Waals surface area contributed by atoms with E-state index in [-0.39, 0.29) is 0 Å². The molecule has 0 aliphatic heterocycles. The lowest BCUT2D eigenvalue weighted by Gasteiger charge is -2.11. The summed E-state index contributed by atoms with van der Waals surface area (Å²) >= 11 is 0. The van der Waals surface area contributed by atoms with Crippen molar-refractivity contribution in [3.63, 3.8) is 0 Å². The number of benzene rings is 1. The van der Waals surface area contributed by atoms with E-state index in [0.717, 1.165) is 37.8 Å². The van der Waals surface area contributed by atoms with Crippen molar-refractivity contribution >= 4 is 16.9 Å². The monoisotopic (exact) mass is 284 g/mol. The van der Waals surface area contributed by atoms with E-state index in [1.165, 1.54) is 29.3 Å². The second-order valence-corrected chi connectivity index (χ2v) is 5.79. The summed E-state index contributed by atoms with van der Waals surface area (Å²) in [6.45, 7) is 2.01. The highest BCUT2D eigenvalue weighted by atomic mass is 15.2. The number of nitrogens with zero attached hydrogens (tertiary/aromatic N) is 1. The molecule has 0 atom stereocenters. The fourth-order valence-corrected chi connectivity index (χ4v) is 2.61. The van der Waals surface area contributed by atoms with E-state index in [4.69, 9.17) is 0 Å². The average molecular weight is 284 g/mol. The molecule has 1 heterocycles. The molecule has 0 saturated heterocycles. The van der Waals surface area contributed by atoms with E-state index in [1.54, 1.807) is 0 Å². The largest absolute Gasteiger partial charge is 0.361 e. The predicted molar refractivity (Wildman–Crippen MR) is 88.7 cm³/mol. The van der Waals surface area contributed by atoms with Crippen LogP contribution in [0.15, 0.2) is 35.5 Å². The number of para-hydroxylation sites is 1. The Morgan fingerprint density at radius 3 is 2.95 bits per heavy atom. The Morgan fingerprint density at radius 1 is 1.29 bits per heavy atom. The Kier molecular flexibility index (Phi) is 4.43. The lowest BCUT2D eigenvalue weighted by Crippen LogP contribution is -2.38. The summed E-state index contributed by atoms with van der Waals surface area (Å²) in [4.78, 5) is 7.59. The van der Waals surface area contributed by atoms with Gasteiger partial charge in [0.2, 0.25) is 0 Å². The third kappa shape index (κ3) is 3.78. The zero-order valence-electron chi connectivity index (χ0n) is 12.7. The van der Waals surface area contributed by atoms with Crippen LogP contribution in [0.1, 0.15) is 24.8 Å². The molecule has 112 valence electrons. The van der Waals surface area contributed by atoms with Crippen LogP contribution in [0.4, 0.5) is 0 Å². The number of aromatic amines is 1. The molecule has 4 heteroatoms. The molecule has 0 unspecified atom stereocenters. The van der Waals surface area contributed by atoms with Crippen LogP contribution in [-0.4, -0.2) is 31.1 Å². The van der Waals surface area contributed by atoms with Gasteiger partial charge in [0, 0.05) is 37.2 Å². The zero-order chi connectivity index (χ0) is 14.5. The predicted octanol–water partition coefficient (Wildman–Crippen LogP) is 2.68. The van der Waals surface area contributed by atoms with E-state index in [0.29, 0.717) is 0 Å². The number of aliphatic imine (C=N–C) groups is 1. The van der Waals surface area contributed by atoms with E-state index in [1.807, 2.05) is 7.05 Å². The number of aryl methyl sites for hydroxylation is 1. The number of aromatic nitrogens is 1. The maximum atomic E-state index is 4.26. The number of nitrogens with one attached hydrogen (secondary N) is 3. The summed E-state index contributed by atoms with van der Waals surface area (Å²) < 4.78 is 0. The molecular formula is C17H24N4. The Labute approximate surface area is 126 Å². The van der Waals surface area contributed by atoms with Crippen LogP contribution in [-0.2, 0) is 6.42 Å². The van der Waals surface area contributed by atoms with Gasteiger partial charge in [-0.05, 0) is 43.2 Å². The summed E-state index contributed by atoms with van der Waals surface area (Å²) in [7, 11) is 1.84. The minimum Gasteiger partial charge on any atom is -0.361 e. The number of hydrogen-bond donors (Lipinski definition) is 3. The third-order valence-electron chi connectivity index (χ3n) is 4.07. The van der Waals surface area contributed by atoms with Gasteiger partial charge in [-0.3, -0.25) is 4.99 Å². The first kappa shape index (κ1) is 14.0. The molecule has 0 bridgehead atoms. The summed E-state index contributed by atoms with van der Waals surface area (Å²) in [5.74, 6) is 1.80. The lowest BCUT2D eigenvalue weighted by atomic mass is 10.1.